The summed E-state index contributed by atoms with van der Waals surface area (Å²) >= 11 is 0. The lowest BCUT2D eigenvalue weighted by atomic mass is 9.98. The predicted molar refractivity (Wildman–Crippen MR) is 122 cm³/mol. The lowest BCUT2D eigenvalue weighted by Crippen LogP contribution is -2.29. The van der Waals surface area contributed by atoms with Gasteiger partial charge in [-0.3, -0.25) is 4.79 Å². The number of hydrogen-bond acceptors (Lipinski definition) is 3. The number of hydrogen-bond donors (Lipinski definition) is 3. The topological polar surface area (TPSA) is 69.8 Å². The number of aromatic amines is 1. The highest BCUT2D eigenvalue weighted by Gasteiger charge is 2.37. The van der Waals surface area contributed by atoms with Crippen LogP contribution in [0.3, 0.4) is 0 Å². The quantitative estimate of drug-likeness (QED) is 0.340. The number of amides is 1. The smallest absolute Gasteiger partial charge is 0.355 e. The Morgan fingerprint density at radius 1 is 0.970 bits per heavy atom. The van der Waals surface area contributed by atoms with E-state index in [-0.39, 0.29) is 17.0 Å². The third kappa shape index (κ3) is 5.23. The van der Waals surface area contributed by atoms with Crippen LogP contribution in [0.1, 0.15) is 18.1 Å². The van der Waals surface area contributed by atoms with Gasteiger partial charge in [-0.2, -0.15) is 13.2 Å². The highest BCUT2D eigenvalue weighted by molar-refractivity contribution is 5.89. The molecule has 3 N–H and O–H groups in total. The lowest BCUT2D eigenvalue weighted by molar-refractivity contribution is -0.135. The second kappa shape index (κ2) is 9.46. The number of fused-ring (bicyclic) bond motifs is 1. The molecule has 0 saturated heterocycles. The molecule has 1 aromatic heterocycles. The highest BCUT2D eigenvalue weighted by atomic mass is 19.4. The Hall–Kier alpha value is -3.65. The summed E-state index contributed by atoms with van der Waals surface area (Å²) in [5.74, 6) is 0.290. The molecule has 0 fully saturated rings. The van der Waals surface area contributed by atoms with Gasteiger partial charge in [0.05, 0.1) is 11.1 Å². The summed E-state index contributed by atoms with van der Waals surface area (Å²) in [5, 5.41) is 5.93. The van der Waals surface area contributed by atoms with E-state index < -0.39 is 11.7 Å². The second-order valence-corrected chi connectivity index (χ2v) is 7.69. The molecule has 4 aromatic rings. The first-order valence-corrected chi connectivity index (χ1v) is 10.5. The van der Waals surface area contributed by atoms with E-state index in [2.05, 4.69) is 20.6 Å². The maximum absolute atomic E-state index is 14.1. The molecule has 170 valence electrons. The summed E-state index contributed by atoms with van der Waals surface area (Å²) < 4.78 is 42.3. The number of nitrogens with one attached hydrogen (secondary N) is 3. The molecule has 3 aromatic carbocycles. The van der Waals surface area contributed by atoms with E-state index in [0.29, 0.717) is 42.1 Å². The highest BCUT2D eigenvalue weighted by Crippen LogP contribution is 2.41. The largest absolute Gasteiger partial charge is 0.419 e. The van der Waals surface area contributed by atoms with Crippen LogP contribution in [0.2, 0.25) is 0 Å². The predicted octanol–water partition coefficient (Wildman–Crippen LogP) is 5.14. The Labute approximate surface area is 189 Å². The Morgan fingerprint density at radius 3 is 2.45 bits per heavy atom. The van der Waals surface area contributed by atoms with Gasteiger partial charge >= 0.3 is 6.18 Å². The molecule has 0 radical (unpaired) electrons. The van der Waals surface area contributed by atoms with Crippen LogP contribution in [0.4, 0.5) is 13.2 Å². The summed E-state index contributed by atoms with van der Waals surface area (Å²) in [6.07, 6.45) is -4.56. The van der Waals surface area contributed by atoms with Gasteiger partial charge < -0.3 is 15.6 Å². The first-order valence-electron chi connectivity index (χ1n) is 10.5. The van der Waals surface area contributed by atoms with Crippen molar-refractivity contribution in [1.29, 1.82) is 0 Å². The molecule has 0 atom stereocenters. The van der Waals surface area contributed by atoms with Crippen LogP contribution in [0, 0.1) is 0 Å². The Bertz CT molecular complexity index is 1270. The maximum Gasteiger partial charge on any atom is 0.419 e. The number of carbonyl (C=O) groups excluding carboxylic acids is 1. The van der Waals surface area contributed by atoms with Gasteiger partial charge in [0.15, 0.2) is 0 Å². The molecule has 0 bridgehead atoms. The summed E-state index contributed by atoms with van der Waals surface area (Å²) in [6.45, 7) is 3.14. The molecule has 5 nitrogen and oxygen atoms in total. The van der Waals surface area contributed by atoms with E-state index in [1.54, 1.807) is 36.4 Å². The molecule has 0 spiro atoms. The lowest BCUT2D eigenvalue weighted by Gasteiger charge is -2.13. The average Bonchev–Trinajstić information content (AvgIpc) is 3.22. The number of aromatic nitrogens is 2. The van der Waals surface area contributed by atoms with Gasteiger partial charge in [0.25, 0.3) is 0 Å². The monoisotopic (exact) mass is 452 g/mol. The van der Waals surface area contributed by atoms with Crippen LogP contribution in [0.15, 0.2) is 66.7 Å². The van der Waals surface area contributed by atoms with Crippen molar-refractivity contribution in [3.8, 4) is 22.5 Å². The molecule has 0 aliphatic rings. The fraction of sp³-hybridized carbons (Fsp3) is 0.200. The molecule has 0 unspecified atom stereocenters. The molecular weight excluding hydrogens is 429 g/mol. The summed E-state index contributed by atoms with van der Waals surface area (Å²) in [7, 11) is 0. The Balaban J connectivity index is 1.65. The fourth-order valence-electron chi connectivity index (χ4n) is 3.75. The number of rotatable bonds is 7. The van der Waals surface area contributed by atoms with Crippen molar-refractivity contribution in [3.63, 3.8) is 0 Å². The minimum Gasteiger partial charge on any atom is -0.355 e. The number of alkyl halides is 3. The van der Waals surface area contributed by atoms with E-state index in [0.717, 1.165) is 5.56 Å². The van der Waals surface area contributed by atoms with E-state index in [9.17, 15) is 18.0 Å². The zero-order valence-corrected chi connectivity index (χ0v) is 18.0. The van der Waals surface area contributed by atoms with E-state index >= 15 is 0 Å². The van der Waals surface area contributed by atoms with Gasteiger partial charge in [-0.05, 0) is 28.8 Å². The molecule has 0 aliphatic carbocycles. The first-order chi connectivity index (χ1) is 15.8. The van der Waals surface area contributed by atoms with Crippen molar-refractivity contribution in [1.82, 2.24) is 20.6 Å². The molecule has 0 aliphatic heterocycles. The average molecular weight is 452 g/mol. The standard InChI is InChI=1S/C25H23F3N4O/c1-16(33)30-13-12-29-15-17-6-5-9-19(14-17)24-31-21-11-10-20(18-7-3-2-4-8-18)22(23(21)32-24)25(26,27)28/h2-11,14,29H,12-13,15H2,1H3,(H,30,33)(H,31,32). The Morgan fingerprint density at radius 2 is 1.73 bits per heavy atom. The number of halogens is 3. The molecule has 33 heavy (non-hydrogen) atoms. The molecule has 1 amide bonds. The molecule has 0 saturated carbocycles. The van der Waals surface area contributed by atoms with Crippen LogP contribution in [0.25, 0.3) is 33.5 Å². The minimum atomic E-state index is -4.56. The molecule has 8 heteroatoms. The van der Waals surface area contributed by atoms with Crippen LogP contribution in [0.5, 0.6) is 0 Å². The first kappa shape index (κ1) is 22.5. The van der Waals surface area contributed by atoms with Crippen molar-refractivity contribution >= 4 is 16.9 Å². The van der Waals surface area contributed by atoms with E-state index in [1.165, 1.54) is 13.0 Å². The zero-order valence-electron chi connectivity index (χ0n) is 18.0. The van der Waals surface area contributed by atoms with Crippen molar-refractivity contribution in [2.24, 2.45) is 0 Å². The third-order valence-electron chi connectivity index (χ3n) is 5.23. The van der Waals surface area contributed by atoms with Gasteiger partial charge in [0, 0.05) is 32.1 Å². The number of imidazole rings is 1. The number of carbonyl (C=O) groups is 1. The normalized spacial score (nSPS) is 11.6. The minimum absolute atomic E-state index is 0.0858. The van der Waals surface area contributed by atoms with Crippen molar-refractivity contribution < 1.29 is 18.0 Å². The Kier molecular flexibility index (Phi) is 6.46. The van der Waals surface area contributed by atoms with Crippen LogP contribution in [-0.4, -0.2) is 29.0 Å². The molecular formula is C25H23F3N4O. The number of nitrogens with zero attached hydrogens (tertiary/aromatic N) is 1. The van der Waals surface area contributed by atoms with Crippen molar-refractivity contribution in [2.75, 3.05) is 13.1 Å². The molecule has 1 heterocycles. The SMILES string of the molecule is CC(=O)NCCNCc1cccc(-c2nc3c(C(F)(F)F)c(-c4ccccc4)ccc3[nH]2)c1. The summed E-state index contributed by atoms with van der Waals surface area (Å²) in [6, 6.07) is 19.1. The van der Waals surface area contributed by atoms with Gasteiger partial charge in [-0.25, -0.2) is 4.98 Å². The van der Waals surface area contributed by atoms with Gasteiger partial charge in [0.2, 0.25) is 5.91 Å². The summed E-state index contributed by atoms with van der Waals surface area (Å²) in [4.78, 5) is 18.3. The number of H-pyrrole nitrogens is 1. The molecule has 4 rings (SSSR count). The van der Waals surface area contributed by atoms with Crippen LogP contribution < -0.4 is 10.6 Å². The van der Waals surface area contributed by atoms with Crippen LogP contribution in [-0.2, 0) is 17.5 Å². The number of benzene rings is 3. The zero-order chi connectivity index (χ0) is 23.4. The maximum atomic E-state index is 14.1. The van der Waals surface area contributed by atoms with Crippen LogP contribution >= 0.6 is 0 Å². The van der Waals surface area contributed by atoms with Crippen molar-refractivity contribution in [2.45, 2.75) is 19.6 Å². The van der Waals surface area contributed by atoms with E-state index in [1.807, 2.05) is 24.3 Å². The van der Waals surface area contributed by atoms with Gasteiger partial charge in [-0.1, -0.05) is 54.6 Å². The third-order valence-corrected chi connectivity index (χ3v) is 5.23. The summed E-state index contributed by atoms with van der Waals surface area (Å²) in [5.41, 5.74) is 1.73. The second-order valence-electron chi connectivity index (χ2n) is 7.69. The van der Waals surface area contributed by atoms with Gasteiger partial charge in [-0.15, -0.1) is 0 Å². The van der Waals surface area contributed by atoms with E-state index in [4.69, 9.17) is 0 Å². The van der Waals surface area contributed by atoms with Gasteiger partial charge in [0.1, 0.15) is 11.3 Å². The van der Waals surface area contributed by atoms with Crippen molar-refractivity contribution in [3.05, 3.63) is 77.9 Å². The fourth-order valence-corrected chi connectivity index (χ4v) is 3.75.